The first-order valence-corrected chi connectivity index (χ1v) is 7.94. The molecule has 0 aromatic heterocycles. The third-order valence-electron chi connectivity index (χ3n) is 4.64. The molecule has 2 saturated heterocycles. The average Bonchev–Trinajstić information content (AvgIpc) is 2.58. The van der Waals surface area contributed by atoms with E-state index >= 15 is 0 Å². The summed E-state index contributed by atoms with van der Waals surface area (Å²) < 4.78 is 15.8. The van der Waals surface area contributed by atoms with Crippen LogP contribution in [0.2, 0.25) is 0 Å². The predicted octanol–water partition coefficient (Wildman–Crippen LogP) is -3.73. The Kier molecular flexibility index (Phi) is 6.90. The fraction of sp³-hybridized carbons (Fsp3) is 1.00. The van der Waals surface area contributed by atoms with Gasteiger partial charge in [0.2, 0.25) is 0 Å². The molecule has 0 radical (unpaired) electrons. The van der Waals surface area contributed by atoms with Crippen molar-refractivity contribution >= 4 is 0 Å². The van der Waals surface area contributed by atoms with Gasteiger partial charge < -0.3 is 50.0 Å². The van der Waals surface area contributed by atoms with Crippen LogP contribution in [-0.4, -0.2) is 104 Å². The van der Waals surface area contributed by atoms with Gasteiger partial charge in [0.15, 0.2) is 12.6 Å². The van der Waals surface area contributed by atoms with Crippen molar-refractivity contribution in [2.24, 2.45) is 5.92 Å². The van der Waals surface area contributed by atoms with E-state index in [-0.39, 0.29) is 0 Å². The van der Waals surface area contributed by atoms with Crippen molar-refractivity contribution in [1.29, 1.82) is 0 Å². The molecule has 10 unspecified atom stereocenters. The van der Waals surface area contributed by atoms with Crippen molar-refractivity contribution in [2.45, 2.75) is 68.7 Å². The molecule has 2 fully saturated rings. The van der Waals surface area contributed by atoms with Crippen LogP contribution in [0.4, 0.5) is 0 Å². The molecule has 7 N–H and O–H groups in total. The monoisotopic (exact) mass is 354 g/mol. The summed E-state index contributed by atoms with van der Waals surface area (Å²) in [5.41, 5.74) is 0. The Labute approximate surface area is 138 Å². The molecule has 10 atom stereocenters. The quantitative estimate of drug-likeness (QED) is 0.260. The Bertz CT molecular complexity index is 392. The van der Waals surface area contributed by atoms with Gasteiger partial charge in [0.05, 0.1) is 25.4 Å². The lowest BCUT2D eigenvalue weighted by Gasteiger charge is -2.46. The maximum Gasteiger partial charge on any atom is 0.187 e. The van der Waals surface area contributed by atoms with Crippen LogP contribution >= 0.6 is 0 Å². The topological polar surface area (TPSA) is 169 Å². The van der Waals surface area contributed by atoms with Crippen molar-refractivity contribution in [1.82, 2.24) is 0 Å². The van der Waals surface area contributed by atoms with Crippen molar-refractivity contribution in [3.63, 3.8) is 0 Å². The number of rotatable bonds is 5. The lowest BCUT2D eigenvalue weighted by molar-refractivity contribution is -0.351. The molecule has 0 bridgehead atoms. The molecular formula is C14H26O10. The highest BCUT2D eigenvalue weighted by atomic mass is 16.7. The summed E-state index contributed by atoms with van der Waals surface area (Å²) in [4.78, 5) is 0. The zero-order chi connectivity index (χ0) is 18.0. The number of aliphatic hydroxyl groups excluding tert-OH is 7. The van der Waals surface area contributed by atoms with E-state index in [0.29, 0.717) is 6.42 Å². The highest BCUT2D eigenvalue weighted by Gasteiger charge is 2.49. The summed E-state index contributed by atoms with van der Waals surface area (Å²) in [6.07, 6.45) is -11.9. The molecule has 2 rings (SSSR count). The normalized spacial score (nSPS) is 50.0. The highest BCUT2D eigenvalue weighted by Crippen LogP contribution is 2.32. The van der Waals surface area contributed by atoms with Gasteiger partial charge in [0.1, 0.15) is 30.5 Å². The summed E-state index contributed by atoms with van der Waals surface area (Å²) >= 11 is 0. The van der Waals surface area contributed by atoms with Gasteiger partial charge in [-0.25, -0.2) is 0 Å². The molecule has 0 aliphatic carbocycles. The van der Waals surface area contributed by atoms with Gasteiger partial charge in [-0.2, -0.15) is 0 Å². The molecule has 0 saturated carbocycles. The average molecular weight is 354 g/mol. The third kappa shape index (κ3) is 3.73. The van der Waals surface area contributed by atoms with Crippen LogP contribution in [0.5, 0.6) is 0 Å². The second-order valence-electron chi connectivity index (χ2n) is 6.11. The van der Waals surface area contributed by atoms with Crippen LogP contribution in [0, 0.1) is 5.92 Å². The molecular weight excluding hydrogens is 328 g/mol. The van der Waals surface area contributed by atoms with Crippen LogP contribution < -0.4 is 0 Å². The summed E-state index contributed by atoms with van der Waals surface area (Å²) in [5, 5.41) is 68.2. The van der Waals surface area contributed by atoms with Crippen LogP contribution in [-0.2, 0) is 14.2 Å². The fourth-order valence-electron chi connectivity index (χ4n) is 3.17. The predicted molar refractivity (Wildman–Crippen MR) is 76.4 cm³/mol. The van der Waals surface area contributed by atoms with Gasteiger partial charge >= 0.3 is 0 Å². The minimum absolute atomic E-state index is 0.406. The lowest BCUT2D eigenvalue weighted by Crippen LogP contribution is -2.63. The highest BCUT2D eigenvalue weighted by molar-refractivity contribution is 4.93. The Morgan fingerprint density at radius 3 is 1.96 bits per heavy atom. The van der Waals surface area contributed by atoms with E-state index in [4.69, 9.17) is 14.2 Å². The summed E-state index contributed by atoms with van der Waals surface area (Å²) in [7, 11) is 0. The van der Waals surface area contributed by atoms with Crippen LogP contribution in [0.1, 0.15) is 13.3 Å². The van der Waals surface area contributed by atoms with Crippen molar-refractivity contribution < 1.29 is 50.0 Å². The van der Waals surface area contributed by atoms with Crippen molar-refractivity contribution in [3.8, 4) is 0 Å². The summed E-state index contributed by atoms with van der Waals surface area (Å²) in [5.74, 6) is -0.501. The van der Waals surface area contributed by atoms with Crippen molar-refractivity contribution in [2.75, 3.05) is 13.2 Å². The Morgan fingerprint density at radius 2 is 1.42 bits per heavy atom. The Hall–Kier alpha value is -0.400. The molecule has 0 amide bonds. The first-order chi connectivity index (χ1) is 11.3. The molecule has 142 valence electrons. The minimum atomic E-state index is -1.70. The second-order valence-corrected chi connectivity index (χ2v) is 6.11. The van der Waals surface area contributed by atoms with E-state index in [1.54, 1.807) is 6.92 Å². The SMILES string of the molecule is CCC1C(CO)OC(OC2C(CO)OC(O)C(O)C2O)C(O)C1O. The van der Waals surface area contributed by atoms with E-state index in [9.17, 15) is 35.7 Å². The van der Waals surface area contributed by atoms with Gasteiger partial charge in [-0.1, -0.05) is 6.92 Å². The molecule has 2 heterocycles. The molecule has 2 aliphatic heterocycles. The molecule has 10 nitrogen and oxygen atoms in total. The number of hydrogen-bond acceptors (Lipinski definition) is 10. The smallest absolute Gasteiger partial charge is 0.187 e. The van der Waals surface area contributed by atoms with Gasteiger partial charge in [0.25, 0.3) is 0 Å². The standard InChI is InChI=1S/C14H26O10/c1-2-5-6(3-15)23-14(11(20)8(5)17)24-12-7(4-16)22-13(21)10(19)9(12)18/h5-21H,2-4H2,1H3. The van der Waals surface area contributed by atoms with E-state index in [1.165, 1.54) is 0 Å². The van der Waals surface area contributed by atoms with E-state index in [0.717, 1.165) is 0 Å². The number of ether oxygens (including phenoxy) is 3. The van der Waals surface area contributed by atoms with Crippen LogP contribution in [0.3, 0.4) is 0 Å². The first kappa shape index (κ1) is 19.9. The van der Waals surface area contributed by atoms with E-state index < -0.39 is 74.4 Å². The third-order valence-corrected chi connectivity index (χ3v) is 4.64. The molecule has 0 spiro atoms. The van der Waals surface area contributed by atoms with Gasteiger partial charge in [0, 0.05) is 5.92 Å². The second kappa shape index (κ2) is 8.32. The largest absolute Gasteiger partial charge is 0.394 e. The molecule has 10 heteroatoms. The van der Waals surface area contributed by atoms with Gasteiger partial charge in [-0.15, -0.1) is 0 Å². The minimum Gasteiger partial charge on any atom is -0.394 e. The molecule has 0 aromatic rings. The van der Waals surface area contributed by atoms with Crippen LogP contribution in [0.15, 0.2) is 0 Å². The molecule has 0 aromatic carbocycles. The zero-order valence-corrected chi connectivity index (χ0v) is 13.3. The van der Waals surface area contributed by atoms with Crippen LogP contribution in [0.25, 0.3) is 0 Å². The van der Waals surface area contributed by atoms with Crippen molar-refractivity contribution in [3.05, 3.63) is 0 Å². The number of hydrogen-bond donors (Lipinski definition) is 7. The fourth-order valence-corrected chi connectivity index (χ4v) is 3.17. The first-order valence-electron chi connectivity index (χ1n) is 7.94. The molecule has 24 heavy (non-hydrogen) atoms. The van der Waals surface area contributed by atoms with Gasteiger partial charge in [-0.3, -0.25) is 0 Å². The summed E-state index contributed by atoms with van der Waals surface area (Å²) in [6.45, 7) is 0.737. The zero-order valence-electron chi connectivity index (χ0n) is 13.3. The van der Waals surface area contributed by atoms with Gasteiger partial charge in [-0.05, 0) is 6.42 Å². The van der Waals surface area contributed by atoms with E-state index in [1.807, 2.05) is 0 Å². The lowest BCUT2D eigenvalue weighted by atomic mass is 9.87. The van der Waals surface area contributed by atoms with E-state index in [2.05, 4.69) is 0 Å². The maximum absolute atomic E-state index is 10.2. The molecule has 2 aliphatic rings. The maximum atomic E-state index is 10.2. The Morgan fingerprint density at radius 1 is 0.792 bits per heavy atom. The summed E-state index contributed by atoms with van der Waals surface area (Å²) in [6, 6.07) is 0. The Balaban J connectivity index is 2.12. The number of aliphatic hydroxyl groups is 7.